The first kappa shape index (κ1) is 9.98. The van der Waals surface area contributed by atoms with Gasteiger partial charge in [0.2, 0.25) is 5.91 Å². The molecule has 0 radical (unpaired) electrons. The van der Waals surface area contributed by atoms with E-state index in [1.165, 1.54) is 0 Å². The molecule has 1 rings (SSSR count). The van der Waals surface area contributed by atoms with Crippen molar-refractivity contribution < 1.29 is 9.59 Å². The van der Waals surface area contributed by atoms with E-state index in [2.05, 4.69) is 5.32 Å². The zero-order chi connectivity index (χ0) is 9.84. The van der Waals surface area contributed by atoms with Crippen molar-refractivity contribution in [1.29, 1.82) is 0 Å². The van der Waals surface area contributed by atoms with Crippen LogP contribution in [0.2, 0.25) is 0 Å². The van der Waals surface area contributed by atoms with Crippen molar-refractivity contribution in [3.8, 4) is 0 Å². The Morgan fingerprint density at radius 1 is 1.23 bits per heavy atom. The molecule has 0 aromatic carbocycles. The number of amides is 3. The molecule has 1 fully saturated rings. The molecule has 1 aliphatic rings. The molecule has 0 bridgehead atoms. The fourth-order valence-electron chi connectivity index (χ4n) is 1.70. The lowest BCUT2D eigenvalue weighted by atomic mass is 9.84. The predicted molar refractivity (Wildman–Crippen MR) is 47.7 cm³/mol. The SMILES string of the molecule is NC(=O)NC(=O)C1CCCCC1N. The minimum Gasteiger partial charge on any atom is -0.351 e. The molecule has 2 atom stereocenters. The van der Waals surface area contributed by atoms with Gasteiger partial charge < -0.3 is 11.5 Å². The van der Waals surface area contributed by atoms with Crippen molar-refractivity contribution in [3.05, 3.63) is 0 Å². The average Bonchev–Trinajstić information content (AvgIpc) is 2.03. The molecule has 5 heteroatoms. The Morgan fingerprint density at radius 2 is 1.85 bits per heavy atom. The van der Waals surface area contributed by atoms with Crippen LogP contribution >= 0.6 is 0 Å². The summed E-state index contributed by atoms with van der Waals surface area (Å²) in [4.78, 5) is 21.7. The number of hydrogen-bond donors (Lipinski definition) is 3. The maximum absolute atomic E-state index is 11.3. The van der Waals surface area contributed by atoms with Gasteiger partial charge in [0.05, 0.1) is 5.92 Å². The van der Waals surface area contributed by atoms with Crippen LogP contribution in [0.25, 0.3) is 0 Å². The Balaban J connectivity index is 2.48. The molecule has 13 heavy (non-hydrogen) atoms. The van der Waals surface area contributed by atoms with E-state index >= 15 is 0 Å². The highest BCUT2D eigenvalue weighted by Gasteiger charge is 2.28. The minimum atomic E-state index is -0.803. The van der Waals surface area contributed by atoms with Gasteiger partial charge in [-0.1, -0.05) is 12.8 Å². The third kappa shape index (κ3) is 2.69. The molecule has 3 amide bonds. The van der Waals surface area contributed by atoms with Crippen LogP contribution in [0.4, 0.5) is 4.79 Å². The number of nitrogens with one attached hydrogen (secondary N) is 1. The van der Waals surface area contributed by atoms with Gasteiger partial charge in [0, 0.05) is 6.04 Å². The fraction of sp³-hybridized carbons (Fsp3) is 0.750. The standard InChI is InChI=1S/C8H15N3O2/c9-6-4-2-1-3-5(6)7(12)11-8(10)13/h5-6H,1-4,9H2,(H3,10,11,12,13). The second-order valence-electron chi connectivity index (χ2n) is 3.41. The van der Waals surface area contributed by atoms with Gasteiger partial charge in [-0.2, -0.15) is 0 Å². The molecule has 0 heterocycles. The zero-order valence-electron chi connectivity index (χ0n) is 7.45. The summed E-state index contributed by atoms with van der Waals surface area (Å²) in [7, 11) is 0. The van der Waals surface area contributed by atoms with E-state index < -0.39 is 6.03 Å². The van der Waals surface area contributed by atoms with E-state index in [0.29, 0.717) is 0 Å². The predicted octanol–water partition coefficient (Wildman–Crippen LogP) is -0.301. The van der Waals surface area contributed by atoms with Gasteiger partial charge in [-0.25, -0.2) is 4.79 Å². The molecular formula is C8H15N3O2. The number of primary amides is 1. The van der Waals surface area contributed by atoms with Crippen molar-refractivity contribution in [2.45, 2.75) is 31.7 Å². The van der Waals surface area contributed by atoms with Gasteiger partial charge in [0.15, 0.2) is 0 Å². The first-order valence-corrected chi connectivity index (χ1v) is 4.47. The van der Waals surface area contributed by atoms with Crippen LogP contribution in [0.5, 0.6) is 0 Å². The zero-order valence-corrected chi connectivity index (χ0v) is 7.45. The summed E-state index contributed by atoms with van der Waals surface area (Å²) in [6.07, 6.45) is 3.64. The molecule has 5 nitrogen and oxygen atoms in total. The van der Waals surface area contributed by atoms with Gasteiger partial charge in [-0.15, -0.1) is 0 Å². The average molecular weight is 185 g/mol. The number of imide groups is 1. The monoisotopic (exact) mass is 185 g/mol. The van der Waals surface area contributed by atoms with Gasteiger partial charge in [-0.05, 0) is 12.8 Å². The van der Waals surface area contributed by atoms with E-state index in [-0.39, 0.29) is 17.9 Å². The summed E-state index contributed by atoms with van der Waals surface area (Å²) in [5.41, 5.74) is 10.6. The Bertz CT molecular complexity index is 217. The van der Waals surface area contributed by atoms with Crippen LogP contribution in [0.15, 0.2) is 0 Å². The number of carbonyl (C=O) groups excluding carboxylic acids is 2. The van der Waals surface area contributed by atoms with E-state index in [0.717, 1.165) is 25.7 Å². The van der Waals surface area contributed by atoms with Gasteiger partial charge >= 0.3 is 6.03 Å². The van der Waals surface area contributed by atoms with Crippen LogP contribution < -0.4 is 16.8 Å². The molecule has 0 saturated heterocycles. The lowest BCUT2D eigenvalue weighted by Crippen LogP contribution is -2.46. The summed E-state index contributed by atoms with van der Waals surface area (Å²) >= 11 is 0. The third-order valence-electron chi connectivity index (χ3n) is 2.40. The second kappa shape index (κ2) is 4.23. The maximum Gasteiger partial charge on any atom is 0.318 e. The van der Waals surface area contributed by atoms with E-state index in [1.54, 1.807) is 0 Å². The van der Waals surface area contributed by atoms with Gasteiger partial charge in [-0.3, -0.25) is 10.1 Å². The first-order chi connectivity index (χ1) is 6.11. The largest absolute Gasteiger partial charge is 0.351 e. The molecule has 1 aliphatic carbocycles. The van der Waals surface area contributed by atoms with Crippen LogP contribution in [0.3, 0.4) is 0 Å². The quantitative estimate of drug-likeness (QED) is 0.523. The number of urea groups is 1. The number of hydrogen-bond acceptors (Lipinski definition) is 3. The van der Waals surface area contributed by atoms with Crippen LogP contribution in [-0.4, -0.2) is 18.0 Å². The molecule has 0 aromatic heterocycles. The summed E-state index contributed by atoms with van der Waals surface area (Å²) in [5.74, 6) is -0.582. The normalized spacial score (nSPS) is 28.1. The molecule has 0 spiro atoms. The van der Waals surface area contributed by atoms with Crippen LogP contribution in [-0.2, 0) is 4.79 Å². The molecular weight excluding hydrogens is 170 g/mol. The van der Waals surface area contributed by atoms with Crippen molar-refractivity contribution >= 4 is 11.9 Å². The first-order valence-electron chi connectivity index (χ1n) is 4.47. The topological polar surface area (TPSA) is 98.2 Å². The summed E-state index contributed by atoms with van der Waals surface area (Å²) in [6.45, 7) is 0. The Kier molecular flexibility index (Phi) is 3.25. The van der Waals surface area contributed by atoms with Crippen molar-refractivity contribution in [3.63, 3.8) is 0 Å². The smallest absolute Gasteiger partial charge is 0.318 e. The van der Waals surface area contributed by atoms with Gasteiger partial charge in [0.1, 0.15) is 0 Å². The maximum atomic E-state index is 11.3. The minimum absolute atomic E-state index is 0.131. The second-order valence-corrected chi connectivity index (χ2v) is 3.41. The number of nitrogens with two attached hydrogens (primary N) is 2. The van der Waals surface area contributed by atoms with E-state index in [9.17, 15) is 9.59 Å². The fourth-order valence-corrected chi connectivity index (χ4v) is 1.70. The highest BCUT2D eigenvalue weighted by atomic mass is 16.2. The molecule has 0 aromatic rings. The van der Waals surface area contributed by atoms with Crippen molar-refractivity contribution in [2.75, 3.05) is 0 Å². The van der Waals surface area contributed by atoms with E-state index in [1.807, 2.05) is 0 Å². The lowest BCUT2D eigenvalue weighted by Gasteiger charge is -2.26. The molecule has 5 N–H and O–H groups in total. The highest BCUT2D eigenvalue weighted by Crippen LogP contribution is 2.22. The summed E-state index contributed by atoms with van der Waals surface area (Å²) in [5, 5.41) is 2.06. The highest BCUT2D eigenvalue weighted by molar-refractivity contribution is 5.95. The Labute approximate surface area is 76.8 Å². The number of rotatable bonds is 1. The van der Waals surface area contributed by atoms with Crippen molar-refractivity contribution in [2.24, 2.45) is 17.4 Å². The Hall–Kier alpha value is -1.10. The number of carbonyl (C=O) groups is 2. The lowest BCUT2D eigenvalue weighted by molar-refractivity contribution is -0.125. The molecule has 2 unspecified atom stereocenters. The van der Waals surface area contributed by atoms with Gasteiger partial charge in [0.25, 0.3) is 0 Å². The molecule has 74 valence electrons. The molecule has 0 aliphatic heterocycles. The summed E-state index contributed by atoms with van der Waals surface area (Å²) in [6, 6.07) is -0.934. The van der Waals surface area contributed by atoms with Crippen molar-refractivity contribution in [1.82, 2.24) is 5.32 Å². The van der Waals surface area contributed by atoms with Crippen LogP contribution in [0, 0.1) is 5.92 Å². The Morgan fingerprint density at radius 3 is 2.38 bits per heavy atom. The van der Waals surface area contributed by atoms with Crippen LogP contribution in [0.1, 0.15) is 25.7 Å². The summed E-state index contributed by atoms with van der Waals surface area (Å²) < 4.78 is 0. The van der Waals surface area contributed by atoms with E-state index in [4.69, 9.17) is 11.5 Å². The third-order valence-corrected chi connectivity index (χ3v) is 2.40. The molecule has 1 saturated carbocycles.